The molecule has 0 unspecified atom stereocenters. The molecule has 0 aromatic heterocycles. The Morgan fingerprint density at radius 3 is 2.32 bits per heavy atom. The molecule has 4 N–H and O–H groups in total. The first-order chi connectivity index (χ1) is 19.4. The Balaban J connectivity index is 2.31. The predicted molar refractivity (Wildman–Crippen MR) is 148 cm³/mol. The Labute approximate surface area is 239 Å². The van der Waals surface area contributed by atoms with Gasteiger partial charge in [0.2, 0.25) is 11.8 Å². The Kier molecular flexibility index (Phi) is 13.5. The lowest BCUT2D eigenvalue weighted by Gasteiger charge is -2.32. The van der Waals surface area contributed by atoms with Gasteiger partial charge in [-0.1, -0.05) is 44.5 Å². The molecule has 7 nitrogen and oxygen atoms in total. The van der Waals surface area contributed by atoms with Gasteiger partial charge in [0, 0.05) is 38.0 Å². The standard InChI is InChI=1S/C30H41F4N3O4/c1-4-6-11-30(33,34)12-10-26(36-29(40)41-3)28(39)37(18-21-9-7-8-20(5-2)13-21)19-27(38)25(35)16-22-14-23(31)17-24(32)15-22/h7-9,13-15,17,25-27,38H,4-6,10-12,16,18-19,35H2,1-3H3,(H,36,40)/t25-,26+,27+/m0/s1. The molecule has 0 fully saturated rings. The van der Waals surface area contributed by atoms with Crippen molar-refractivity contribution in [2.45, 2.75) is 89.4 Å². The number of aliphatic hydroxyl groups is 1. The normalized spacial score (nSPS) is 13.8. The summed E-state index contributed by atoms with van der Waals surface area (Å²) in [6.07, 6.45) is -2.10. The number of nitrogens with zero attached hydrogens (tertiary/aromatic N) is 1. The maximum atomic E-state index is 14.5. The van der Waals surface area contributed by atoms with Crippen LogP contribution >= 0.6 is 0 Å². The third-order valence-electron chi connectivity index (χ3n) is 6.85. The third-order valence-corrected chi connectivity index (χ3v) is 6.85. The summed E-state index contributed by atoms with van der Waals surface area (Å²) in [6, 6.07) is 7.94. The number of alkyl carbamates (subject to hydrolysis) is 1. The zero-order valence-corrected chi connectivity index (χ0v) is 23.8. The van der Waals surface area contributed by atoms with Crippen LogP contribution in [-0.2, 0) is 28.9 Å². The molecular formula is C30H41F4N3O4. The number of hydrogen-bond donors (Lipinski definition) is 3. The van der Waals surface area contributed by atoms with Gasteiger partial charge in [0.15, 0.2) is 0 Å². The van der Waals surface area contributed by atoms with Crippen LogP contribution in [0.3, 0.4) is 0 Å². The predicted octanol–water partition coefficient (Wildman–Crippen LogP) is 5.12. The number of nitrogens with two attached hydrogens (primary N) is 1. The van der Waals surface area contributed by atoms with Crippen LogP contribution < -0.4 is 11.1 Å². The van der Waals surface area contributed by atoms with E-state index in [9.17, 15) is 32.3 Å². The number of carbonyl (C=O) groups excluding carboxylic acids is 2. The summed E-state index contributed by atoms with van der Waals surface area (Å²) < 4.78 is 60.9. The topological polar surface area (TPSA) is 105 Å². The van der Waals surface area contributed by atoms with Crippen molar-refractivity contribution in [3.8, 4) is 0 Å². The van der Waals surface area contributed by atoms with E-state index >= 15 is 0 Å². The fraction of sp³-hybridized carbons (Fsp3) is 0.533. The minimum absolute atomic E-state index is 0.00335. The summed E-state index contributed by atoms with van der Waals surface area (Å²) in [4.78, 5) is 27.1. The largest absolute Gasteiger partial charge is 0.453 e. The van der Waals surface area contributed by atoms with Crippen LogP contribution in [0.25, 0.3) is 0 Å². The average molecular weight is 584 g/mol. The minimum Gasteiger partial charge on any atom is -0.453 e. The van der Waals surface area contributed by atoms with Gasteiger partial charge in [-0.15, -0.1) is 0 Å². The highest BCUT2D eigenvalue weighted by Crippen LogP contribution is 2.28. The summed E-state index contributed by atoms with van der Waals surface area (Å²) >= 11 is 0. The SMILES string of the molecule is CCCCC(F)(F)CC[C@@H](NC(=O)OC)C(=O)N(Cc1cccc(CC)c1)C[C@@H](O)[C@@H](N)Cc1cc(F)cc(F)c1. The average Bonchev–Trinajstić information content (AvgIpc) is 2.92. The first-order valence-corrected chi connectivity index (χ1v) is 13.8. The molecule has 0 heterocycles. The molecular weight excluding hydrogens is 542 g/mol. The van der Waals surface area contributed by atoms with Crippen LogP contribution in [0.15, 0.2) is 42.5 Å². The van der Waals surface area contributed by atoms with Crippen molar-refractivity contribution in [1.29, 1.82) is 0 Å². The zero-order valence-electron chi connectivity index (χ0n) is 23.8. The van der Waals surface area contributed by atoms with Crippen LogP contribution in [0.5, 0.6) is 0 Å². The fourth-order valence-electron chi connectivity index (χ4n) is 4.49. The number of methoxy groups -OCH3 is 1. The summed E-state index contributed by atoms with van der Waals surface area (Å²) in [5.74, 6) is -5.32. The second-order valence-electron chi connectivity index (χ2n) is 10.3. The summed E-state index contributed by atoms with van der Waals surface area (Å²) in [7, 11) is 1.10. The smallest absolute Gasteiger partial charge is 0.407 e. The van der Waals surface area contributed by atoms with Gasteiger partial charge in [0.25, 0.3) is 0 Å². The zero-order chi connectivity index (χ0) is 30.6. The van der Waals surface area contributed by atoms with E-state index in [0.717, 1.165) is 42.9 Å². The monoisotopic (exact) mass is 583 g/mol. The molecule has 0 saturated heterocycles. The van der Waals surface area contributed by atoms with Crippen LogP contribution in [-0.4, -0.2) is 59.8 Å². The molecule has 2 amide bonds. The summed E-state index contributed by atoms with van der Waals surface area (Å²) in [6.45, 7) is 3.44. The van der Waals surface area contributed by atoms with Gasteiger partial charge in [-0.25, -0.2) is 22.4 Å². The molecule has 11 heteroatoms. The molecule has 0 saturated carbocycles. The highest BCUT2D eigenvalue weighted by molar-refractivity contribution is 5.85. The molecule has 0 radical (unpaired) electrons. The summed E-state index contributed by atoms with van der Waals surface area (Å²) in [5.41, 5.74) is 8.10. The third kappa shape index (κ3) is 11.7. The van der Waals surface area contributed by atoms with Crippen LogP contribution in [0.2, 0.25) is 0 Å². The lowest BCUT2D eigenvalue weighted by atomic mass is 9.99. The molecule has 41 heavy (non-hydrogen) atoms. The highest BCUT2D eigenvalue weighted by Gasteiger charge is 2.34. The van der Waals surface area contributed by atoms with Crippen molar-refractivity contribution < 1.29 is 37.0 Å². The van der Waals surface area contributed by atoms with Gasteiger partial charge in [-0.3, -0.25) is 4.79 Å². The second-order valence-corrected chi connectivity index (χ2v) is 10.3. The van der Waals surface area contributed by atoms with Gasteiger partial charge in [0.05, 0.1) is 13.2 Å². The number of ether oxygens (including phenoxy) is 1. The first-order valence-electron chi connectivity index (χ1n) is 13.8. The number of rotatable bonds is 16. The van der Waals surface area contributed by atoms with E-state index < -0.39 is 54.2 Å². The number of halogens is 4. The number of alkyl halides is 2. The molecule has 2 aromatic carbocycles. The Morgan fingerprint density at radius 2 is 1.71 bits per heavy atom. The van der Waals surface area contributed by atoms with E-state index in [1.807, 2.05) is 25.1 Å². The molecule has 0 aliphatic heterocycles. The van der Waals surface area contributed by atoms with Crippen molar-refractivity contribution in [3.63, 3.8) is 0 Å². The molecule has 2 rings (SSSR count). The molecule has 0 bridgehead atoms. The maximum absolute atomic E-state index is 14.5. The number of carbonyl (C=O) groups is 2. The van der Waals surface area contributed by atoms with Gasteiger partial charge >= 0.3 is 6.09 Å². The molecule has 2 aromatic rings. The number of nitrogens with one attached hydrogen (secondary N) is 1. The van der Waals surface area contributed by atoms with E-state index in [0.29, 0.717) is 12.8 Å². The number of aliphatic hydroxyl groups excluding tert-OH is 1. The number of aryl methyl sites for hydroxylation is 1. The van der Waals surface area contributed by atoms with Crippen LogP contribution in [0, 0.1) is 11.6 Å². The lowest BCUT2D eigenvalue weighted by Crippen LogP contribution is -2.53. The Bertz CT molecular complexity index is 1110. The van der Waals surface area contributed by atoms with E-state index in [1.165, 1.54) is 4.90 Å². The molecule has 0 aliphatic rings. The van der Waals surface area contributed by atoms with Gasteiger partial charge in [-0.2, -0.15) is 0 Å². The van der Waals surface area contributed by atoms with Gasteiger partial charge in [0.1, 0.15) is 17.7 Å². The maximum Gasteiger partial charge on any atom is 0.407 e. The van der Waals surface area contributed by atoms with Gasteiger partial charge in [-0.05, 0) is 54.5 Å². The number of hydrogen-bond acceptors (Lipinski definition) is 5. The number of unbranched alkanes of at least 4 members (excludes halogenated alkanes) is 1. The quantitative estimate of drug-likeness (QED) is 0.238. The molecule has 0 aliphatic carbocycles. The van der Waals surface area contributed by atoms with E-state index in [-0.39, 0.29) is 37.9 Å². The highest BCUT2D eigenvalue weighted by atomic mass is 19.3. The number of benzene rings is 2. The molecule has 228 valence electrons. The Morgan fingerprint density at radius 1 is 1.05 bits per heavy atom. The van der Waals surface area contributed by atoms with Crippen LogP contribution in [0.4, 0.5) is 22.4 Å². The lowest BCUT2D eigenvalue weighted by molar-refractivity contribution is -0.136. The molecule has 3 atom stereocenters. The van der Waals surface area contributed by atoms with Crippen molar-refractivity contribution in [2.75, 3.05) is 13.7 Å². The van der Waals surface area contributed by atoms with Crippen LogP contribution in [0.1, 0.15) is 62.6 Å². The van der Waals surface area contributed by atoms with E-state index in [1.54, 1.807) is 13.0 Å². The van der Waals surface area contributed by atoms with E-state index in [2.05, 4.69) is 10.1 Å². The Hall–Kier alpha value is -3.18. The van der Waals surface area contributed by atoms with E-state index in [4.69, 9.17) is 5.73 Å². The van der Waals surface area contributed by atoms with Crippen molar-refractivity contribution in [2.24, 2.45) is 5.73 Å². The second kappa shape index (κ2) is 16.3. The fourth-order valence-corrected chi connectivity index (χ4v) is 4.49. The first kappa shape index (κ1) is 34.0. The minimum atomic E-state index is -3.03. The van der Waals surface area contributed by atoms with Crippen molar-refractivity contribution >= 4 is 12.0 Å². The summed E-state index contributed by atoms with van der Waals surface area (Å²) in [5, 5.41) is 13.3. The molecule has 0 spiro atoms. The van der Waals surface area contributed by atoms with Gasteiger partial charge < -0.3 is 25.8 Å². The van der Waals surface area contributed by atoms with Crippen molar-refractivity contribution in [3.05, 3.63) is 70.8 Å². The van der Waals surface area contributed by atoms with Crippen molar-refractivity contribution in [1.82, 2.24) is 10.2 Å². The number of amides is 2.